The molecule has 0 unspecified atom stereocenters. The summed E-state index contributed by atoms with van der Waals surface area (Å²) >= 11 is 0. The smallest absolute Gasteiger partial charge is 0.337 e. The fourth-order valence-corrected chi connectivity index (χ4v) is 1.43. The van der Waals surface area contributed by atoms with E-state index in [0.717, 1.165) is 5.39 Å². The van der Waals surface area contributed by atoms with Crippen LogP contribution in [0.2, 0.25) is 0 Å². The molecule has 0 radical (unpaired) electrons. The highest BCUT2D eigenvalue weighted by atomic mass is 35.5. The summed E-state index contributed by atoms with van der Waals surface area (Å²) in [5.74, 6) is 0.328. The van der Waals surface area contributed by atoms with Crippen molar-refractivity contribution in [1.29, 1.82) is 0 Å². The number of halogens is 1. The van der Waals surface area contributed by atoms with Crippen molar-refractivity contribution in [3.63, 3.8) is 0 Å². The summed E-state index contributed by atoms with van der Waals surface area (Å²) in [4.78, 5) is 11.2. The number of fused-ring (bicyclic) bond motifs is 1. The van der Waals surface area contributed by atoms with Gasteiger partial charge in [0, 0.05) is 5.39 Å². The van der Waals surface area contributed by atoms with E-state index in [9.17, 15) is 4.79 Å². The Morgan fingerprint density at radius 1 is 1.44 bits per heavy atom. The van der Waals surface area contributed by atoms with Crippen molar-refractivity contribution >= 4 is 29.3 Å². The molecule has 0 spiro atoms. The van der Waals surface area contributed by atoms with Gasteiger partial charge in [0.05, 0.1) is 19.2 Å². The molecule has 5 heteroatoms. The molecule has 0 amide bonds. The fraction of sp³-hybridized carbons (Fsp3) is 0.182. The molecule has 0 fully saturated rings. The predicted octanol–water partition coefficient (Wildman–Crippen LogP) is 2.10. The van der Waals surface area contributed by atoms with Gasteiger partial charge in [-0.15, -0.1) is 12.4 Å². The van der Waals surface area contributed by atoms with Crippen molar-refractivity contribution in [1.82, 2.24) is 0 Å². The Morgan fingerprint density at radius 3 is 2.81 bits per heavy atom. The van der Waals surface area contributed by atoms with Crippen LogP contribution in [0, 0.1) is 0 Å². The summed E-state index contributed by atoms with van der Waals surface area (Å²) in [5.41, 5.74) is 6.58. The van der Waals surface area contributed by atoms with Gasteiger partial charge in [0.25, 0.3) is 0 Å². The van der Waals surface area contributed by atoms with Crippen LogP contribution >= 0.6 is 12.4 Å². The zero-order valence-electron chi connectivity index (χ0n) is 8.73. The Morgan fingerprint density at radius 2 is 2.19 bits per heavy atom. The van der Waals surface area contributed by atoms with Crippen LogP contribution in [0.25, 0.3) is 11.0 Å². The lowest BCUT2D eigenvalue weighted by atomic mass is 10.2. The van der Waals surface area contributed by atoms with E-state index in [1.807, 2.05) is 12.1 Å². The lowest BCUT2D eigenvalue weighted by molar-refractivity contribution is 0.0601. The topological polar surface area (TPSA) is 65.5 Å². The second kappa shape index (κ2) is 5.01. The third-order valence-corrected chi connectivity index (χ3v) is 2.19. The summed E-state index contributed by atoms with van der Waals surface area (Å²) in [6.07, 6.45) is 0. The summed E-state index contributed by atoms with van der Waals surface area (Å²) < 4.78 is 10.0. The Balaban J connectivity index is 0.00000128. The van der Waals surface area contributed by atoms with Gasteiger partial charge in [0.1, 0.15) is 11.3 Å². The molecule has 0 aliphatic rings. The van der Waals surface area contributed by atoms with Crippen LogP contribution in [-0.4, -0.2) is 13.1 Å². The van der Waals surface area contributed by atoms with Crippen LogP contribution in [0.5, 0.6) is 0 Å². The maximum absolute atomic E-state index is 11.2. The zero-order chi connectivity index (χ0) is 10.8. The largest absolute Gasteiger partial charge is 0.465 e. The van der Waals surface area contributed by atoms with Crippen LogP contribution in [0.4, 0.5) is 0 Å². The molecular formula is C11H12ClNO3. The maximum Gasteiger partial charge on any atom is 0.337 e. The standard InChI is InChI=1S/C11H11NO3.ClH/c1-14-11(13)8-3-2-7-4-9(6-12)15-10(7)5-8;/h2-5H,6,12H2,1H3;1H. The molecular weight excluding hydrogens is 230 g/mol. The van der Waals surface area contributed by atoms with E-state index in [-0.39, 0.29) is 18.4 Å². The van der Waals surface area contributed by atoms with Crippen molar-refractivity contribution in [2.75, 3.05) is 7.11 Å². The Kier molecular flexibility index (Phi) is 3.93. The lowest BCUT2D eigenvalue weighted by Gasteiger charge is -1.97. The number of furan rings is 1. The van der Waals surface area contributed by atoms with Gasteiger partial charge < -0.3 is 14.9 Å². The van der Waals surface area contributed by atoms with E-state index in [1.165, 1.54) is 7.11 Å². The number of ether oxygens (including phenoxy) is 1. The number of carbonyl (C=O) groups is 1. The first-order valence-electron chi connectivity index (χ1n) is 4.55. The van der Waals surface area contributed by atoms with Crippen molar-refractivity contribution in [3.05, 3.63) is 35.6 Å². The molecule has 0 atom stereocenters. The van der Waals surface area contributed by atoms with Gasteiger partial charge in [-0.3, -0.25) is 0 Å². The summed E-state index contributed by atoms with van der Waals surface area (Å²) in [6.45, 7) is 0.349. The van der Waals surface area contributed by atoms with Crippen LogP contribution in [0.3, 0.4) is 0 Å². The first-order chi connectivity index (χ1) is 7.24. The molecule has 2 N–H and O–H groups in total. The van der Waals surface area contributed by atoms with Crippen molar-refractivity contribution in [2.45, 2.75) is 6.54 Å². The maximum atomic E-state index is 11.2. The normalized spacial score (nSPS) is 9.88. The number of hydrogen-bond acceptors (Lipinski definition) is 4. The van der Waals surface area contributed by atoms with Crippen LogP contribution in [0.15, 0.2) is 28.7 Å². The minimum absolute atomic E-state index is 0. The molecule has 1 aromatic heterocycles. The number of nitrogens with two attached hydrogens (primary N) is 1. The average Bonchev–Trinajstić information content (AvgIpc) is 2.69. The van der Waals surface area contributed by atoms with Crippen LogP contribution in [0.1, 0.15) is 16.1 Å². The molecule has 2 aromatic rings. The number of hydrogen-bond donors (Lipinski definition) is 1. The van der Waals surface area contributed by atoms with Crippen molar-refractivity contribution in [2.24, 2.45) is 5.73 Å². The van der Waals surface area contributed by atoms with E-state index in [2.05, 4.69) is 4.74 Å². The highest BCUT2D eigenvalue weighted by Gasteiger charge is 2.08. The monoisotopic (exact) mass is 241 g/mol. The van der Waals surface area contributed by atoms with E-state index < -0.39 is 0 Å². The molecule has 4 nitrogen and oxygen atoms in total. The van der Waals surface area contributed by atoms with Gasteiger partial charge in [0.15, 0.2) is 0 Å². The first kappa shape index (κ1) is 12.5. The molecule has 1 heterocycles. The highest BCUT2D eigenvalue weighted by molar-refractivity contribution is 5.93. The minimum atomic E-state index is -0.373. The number of methoxy groups -OCH3 is 1. The second-order valence-corrected chi connectivity index (χ2v) is 3.16. The molecule has 0 aliphatic heterocycles. The van der Waals surface area contributed by atoms with Crippen LogP contribution < -0.4 is 5.73 Å². The second-order valence-electron chi connectivity index (χ2n) is 3.16. The first-order valence-corrected chi connectivity index (χ1v) is 4.55. The zero-order valence-corrected chi connectivity index (χ0v) is 9.54. The third kappa shape index (κ3) is 2.18. The summed E-state index contributed by atoms with van der Waals surface area (Å²) in [7, 11) is 1.35. The van der Waals surface area contributed by atoms with Gasteiger partial charge in [-0.25, -0.2) is 4.79 Å². The highest BCUT2D eigenvalue weighted by Crippen LogP contribution is 2.20. The number of carbonyl (C=O) groups excluding carboxylic acids is 1. The Bertz CT molecular complexity index is 507. The third-order valence-electron chi connectivity index (χ3n) is 2.19. The lowest BCUT2D eigenvalue weighted by Crippen LogP contribution is -1.99. The Hall–Kier alpha value is -1.52. The van der Waals surface area contributed by atoms with Gasteiger partial charge in [0.2, 0.25) is 0 Å². The summed E-state index contributed by atoms with van der Waals surface area (Å²) in [5, 5.41) is 0.933. The van der Waals surface area contributed by atoms with E-state index in [0.29, 0.717) is 23.5 Å². The quantitative estimate of drug-likeness (QED) is 0.818. The SMILES string of the molecule is COC(=O)c1ccc2cc(CN)oc2c1.Cl. The molecule has 0 saturated carbocycles. The number of benzene rings is 1. The van der Waals surface area contributed by atoms with Gasteiger partial charge in [-0.05, 0) is 18.2 Å². The predicted molar refractivity (Wildman–Crippen MR) is 62.7 cm³/mol. The molecule has 0 saturated heterocycles. The molecule has 1 aromatic carbocycles. The van der Waals surface area contributed by atoms with Gasteiger partial charge in [-0.1, -0.05) is 6.07 Å². The van der Waals surface area contributed by atoms with Gasteiger partial charge in [-0.2, -0.15) is 0 Å². The molecule has 86 valence electrons. The van der Waals surface area contributed by atoms with Crippen molar-refractivity contribution in [3.8, 4) is 0 Å². The number of esters is 1. The molecule has 0 aliphatic carbocycles. The Labute approximate surface area is 98.8 Å². The van der Waals surface area contributed by atoms with E-state index in [1.54, 1.807) is 12.1 Å². The molecule has 16 heavy (non-hydrogen) atoms. The molecule has 0 bridgehead atoms. The fourth-order valence-electron chi connectivity index (χ4n) is 1.43. The van der Waals surface area contributed by atoms with Crippen LogP contribution in [-0.2, 0) is 11.3 Å². The molecule has 2 rings (SSSR count). The van der Waals surface area contributed by atoms with Gasteiger partial charge >= 0.3 is 5.97 Å². The number of rotatable bonds is 2. The minimum Gasteiger partial charge on any atom is -0.465 e. The van der Waals surface area contributed by atoms with E-state index in [4.69, 9.17) is 10.2 Å². The van der Waals surface area contributed by atoms with E-state index >= 15 is 0 Å². The average molecular weight is 242 g/mol. The van der Waals surface area contributed by atoms with Crippen molar-refractivity contribution < 1.29 is 13.9 Å². The summed E-state index contributed by atoms with van der Waals surface area (Å²) in [6, 6.07) is 7.02.